The molecular weight excluding hydrogens is 505 g/mol. The molecule has 0 aliphatic heterocycles. The lowest BCUT2D eigenvalue weighted by Crippen LogP contribution is -2.41. The van der Waals surface area contributed by atoms with Gasteiger partial charge in [0.25, 0.3) is 0 Å². The van der Waals surface area contributed by atoms with Gasteiger partial charge in [-0.1, -0.05) is 30.6 Å². The molecule has 2 aromatic rings. The maximum atomic E-state index is 5.89. The van der Waals surface area contributed by atoms with Crippen LogP contribution in [0, 0.1) is 0 Å². The Morgan fingerprint density at radius 2 is 2.03 bits per heavy atom. The molecular formula is C20H31ClIN5O2. The van der Waals surface area contributed by atoms with Gasteiger partial charge in [0.05, 0.1) is 6.54 Å². The van der Waals surface area contributed by atoms with Crippen LogP contribution >= 0.6 is 35.6 Å². The number of likely N-dealkylation sites (N-methyl/N-ethyl adjacent to an activating group) is 1. The van der Waals surface area contributed by atoms with E-state index >= 15 is 0 Å². The number of rotatable bonds is 10. The van der Waals surface area contributed by atoms with Crippen LogP contribution < -0.4 is 10.1 Å². The van der Waals surface area contributed by atoms with Crippen molar-refractivity contribution in [2.75, 3.05) is 33.3 Å². The standard InChI is InChI=1S/C20H30ClN5O2.HI/c1-5-22-20(23-12-6-7-18-24-19(15(2)3)25-28-18)26(4)13-14-27-17-10-8-16(21)9-11-17;/h8-11,15H,5-7,12-14H2,1-4H3,(H,22,23);1H. The van der Waals surface area contributed by atoms with Crippen LogP contribution in [0.25, 0.3) is 0 Å². The predicted octanol–water partition coefficient (Wildman–Crippen LogP) is 4.37. The SMILES string of the molecule is CCNC(=NCCCc1nc(C(C)C)no1)N(C)CCOc1ccc(Cl)cc1.I. The van der Waals surface area contributed by atoms with Crippen molar-refractivity contribution >= 4 is 41.5 Å². The van der Waals surface area contributed by atoms with Crippen molar-refractivity contribution < 1.29 is 9.26 Å². The Kier molecular flexibility index (Phi) is 12.0. The number of hydrogen-bond donors (Lipinski definition) is 1. The smallest absolute Gasteiger partial charge is 0.226 e. The second kappa shape index (κ2) is 13.6. The average molecular weight is 536 g/mol. The van der Waals surface area contributed by atoms with Gasteiger partial charge in [-0.15, -0.1) is 24.0 Å². The van der Waals surface area contributed by atoms with Gasteiger partial charge in [0.1, 0.15) is 12.4 Å². The first-order chi connectivity index (χ1) is 13.5. The lowest BCUT2D eigenvalue weighted by molar-refractivity contribution is 0.281. The Bertz CT molecular complexity index is 737. The van der Waals surface area contributed by atoms with Gasteiger partial charge < -0.3 is 19.5 Å². The molecule has 0 radical (unpaired) electrons. The molecule has 0 fully saturated rings. The van der Waals surface area contributed by atoms with Gasteiger partial charge in [-0.3, -0.25) is 4.99 Å². The Balaban J connectivity index is 0.00000420. The molecule has 1 aromatic carbocycles. The second-order valence-electron chi connectivity index (χ2n) is 6.76. The molecule has 1 aromatic heterocycles. The number of guanidine groups is 1. The van der Waals surface area contributed by atoms with E-state index in [0.717, 1.165) is 43.5 Å². The van der Waals surface area contributed by atoms with Gasteiger partial charge in [0.15, 0.2) is 11.8 Å². The van der Waals surface area contributed by atoms with Crippen LogP contribution in [0.3, 0.4) is 0 Å². The number of nitrogens with one attached hydrogen (secondary N) is 1. The van der Waals surface area contributed by atoms with E-state index in [-0.39, 0.29) is 29.9 Å². The van der Waals surface area contributed by atoms with Gasteiger partial charge in [0, 0.05) is 37.5 Å². The van der Waals surface area contributed by atoms with E-state index in [1.807, 2.05) is 45.2 Å². The summed E-state index contributed by atoms with van der Waals surface area (Å²) in [6, 6.07) is 7.37. The number of aryl methyl sites for hydroxylation is 1. The third-order valence-electron chi connectivity index (χ3n) is 4.02. The van der Waals surface area contributed by atoms with E-state index in [4.69, 9.17) is 20.9 Å². The highest BCUT2D eigenvalue weighted by Gasteiger charge is 2.10. The lowest BCUT2D eigenvalue weighted by atomic mass is 10.2. The summed E-state index contributed by atoms with van der Waals surface area (Å²) >= 11 is 5.89. The van der Waals surface area contributed by atoms with Crippen LogP contribution in [-0.4, -0.2) is 54.3 Å². The van der Waals surface area contributed by atoms with Crippen molar-refractivity contribution in [2.24, 2.45) is 4.99 Å². The fraction of sp³-hybridized carbons (Fsp3) is 0.550. The number of nitrogens with zero attached hydrogens (tertiary/aromatic N) is 4. The van der Waals surface area contributed by atoms with Gasteiger partial charge in [0.2, 0.25) is 5.89 Å². The van der Waals surface area contributed by atoms with Gasteiger partial charge in [-0.25, -0.2) is 0 Å². The van der Waals surface area contributed by atoms with Gasteiger partial charge in [-0.05, 0) is 37.6 Å². The van der Waals surface area contributed by atoms with Crippen molar-refractivity contribution in [2.45, 2.75) is 39.5 Å². The monoisotopic (exact) mass is 535 g/mol. The largest absolute Gasteiger partial charge is 0.492 e. The third-order valence-corrected chi connectivity index (χ3v) is 4.27. The normalized spacial score (nSPS) is 11.3. The average Bonchev–Trinajstić information content (AvgIpc) is 3.15. The van der Waals surface area contributed by atoms with Crippen molar-refractivity contribution in [3.63, 3.8) is 0 Å². The molecule has 7 nitrogen and oxygen atoms in total. The van der Waals surface area contributed by atoms with E-state index in [0.29, 0.717) is 24.1 Å². The molecule has 0 unspecified atom stereocenters. The fourth-order valence-corrected chi connectivity index (χ4v) is 2.55. The Morgan fingerprint density at radius 3 is 2.66 bits per heavy atom. The minimum absolute atomic E-state index is 0. The summed E-state index contributed by atoms with van der Waals surface area (Å²) in [7, 11) is 2.00. The Morgan fingerprint density at radius 1 is 1.31 bits per heavy atom. The lowest BCUT2D eigenvalue weighted by Gasteiger charge is -2.22. The van der Waals surface area contributed by atoms with Crippen LogP contribution in [0.2, 0.25) is 5.02 Å². The van der Waals surface area contributed by atoms with Crippen LogP contribution in [0.1, 0.15) is 44.8 Å². The van der Waals surface area contributed by atoms with Crippen molar-refractivity contribution in [1.29, 1.82) is 0 Å². The van der Waals surface area contributed by atoms with E-state index in [2.05, 4.69) is 32.3 Å². The van der Waals surface area contributed by atoms with Crippen LogP contribution in [0.15, 0.2) is 33.8 Å². The van der Waals surface area contributed by atoms with E-state index in [1.54, 1.807) is 0 Å². The molecule has 0 saturated carbocycles. The maximum absolute atomic E-state index is 5.89. The molecule has 1 N–H and O–H groups in total. The summed E-state index contributed by atoms with van der Waals surface area (Å²) in [5, 5.41) is 8.00. The molecule has 0 amide bonds. The molecule has 162 valence electrons. The molecule has 0 spiro atoms. The van der Waals surface area contributed by atoms with E-state index in [9.17, 15) is 0 Å². The molecule has 1 heterocycles. The maximum Gasteiger partial charge on any atom is 0.226 e. The number of aliphatic imine (C=N–C) groups is 1. The molecule has 0 aliphatic rings. The fourth-order valence-electron chi connectivity index (χ4n) is 2.43. The van der Waals surface area contributed by atoms with Crippen LogP contribution in [0.4, 0.5) is 0 Å². The molecule has 0 bridgehead atoms. The number of benzene rings is 1. The Hall–Kier alpha value is -1.55. The second-order valence-corrected chi connectivity index (χ2v) is 7.20. The number of halogens is 2. The van der Waals surface area contributed by atoms with Gasteiger partial charge >= 0.3 is 0 Å². The Labute approximate surface area is 195 Å². The molecule has 2 rings (SSSR count). The first kappa shape index (κ1) is 25.5. The van der Waals surface area contributed by atoms with Crippen LogP contribution in [0.5, 0.6) is 5.75 Å². The summed E-state index contributed by atoms with van der Waals surface area (Å²) in [6.07, 6.45) is 1.58. The predicted molar refractivity (Wildman–Crippen MR) is 128 cm³/mol. The van der Waals surface area contributed by atoms with Crippen molar-refractivity contribution in [3.8, 4) is 5.75 Å². The minimum atomic E-state index is 0. The number of hydrogen-bond acceptors (Lipinski definition) is 5. The molecule has 9 heteroatoms. The molecule has 29 heavy (non-hydrogen) atoms. The molecule has 0 atom stereocenters. The summed E-state index contributed by atoms with van der Waals surface area (Å²) < 4.78 is 11.0. The van der Waals surface area contributed by atoms with E-state index < -0.39 is 0 Å². The quantitative estimate of drug-likeness (QED) is 0.211. The summed E-state index contributed by atoms with van der Waals surface area (Å²) in [5.41, 5.74) is 0. The topological polar surface area (TPSA) is 75.8 Å². The van der Waals surface area contributed by atoms with Crippen molar-refractivity contribution in [3.05, 3.63) is 41.0 Å². The minimum Gasteiger partial charge on any atom is -0.492 e. The highest BCUT2D eigenvalue weighted by Crippen LogP contribution is 2.15. The molecule has 0 saturated heterocycles. The van der Waals surface area contributed by atoms with Gasteiger partial charge in [-0.2, -0.15) is 4.98 Å². The summed E-state index contributed by atoms with van der Waals surface area (Å²) in [4.78, 5) is 11.1. The zero-order chi connectivity index (χ0) is 20.4. The zero-order valence-electron chi connectivity index (χ0n) is 17.5. The first-order valence-corrected chi connectivity index (χ1v) is 10.1. The number of aromatic nitrogens is 2. The van der Waals surface area contributed by atoms with Crippen molar-refractivity contribution in [1.82, 2.24) is 20.4 Å². The summed E-state index contributed by atoms with van der Waals surface area (Å²) in [5.74, 6) is 3.37. The summed E-state index contributed by atoms with van der Waals surface area (Å²) in [6.45, 7) is 8.92. The zero-order valence-corrected chi connectivity index (χ0v) is 20.6. The number of ether oxygens (including phenoxy) is 1. The van der Waals surface area contributed by atoms with Crippen LogP contribution in [-0.2, 0) is 6.42 Å². The molecule has 0 aliphatic carbocycles. The van der Waals surface area contributed by atoms with E-state index in [1.165, 1.54) is 0 Å². The first-order valence-electron chi connectivity index (χ1n) is 9.70. The third kappa shape index (κ3) is 9.20. The highest BCUT2D eigenvalue weighted by molar-refractivity contribution is 14.0. The highest BCUT2D eigenvalue weighted by atomic mass is 127.